The lowest BCUT2D eigenvalue weighted by Gasteiger charge is -2.36. The number of rotatable bonds is 12. The maximum absolute atomic E-state index is 11.7. The quantitative estimate of drug-likeness (QED) is 0.210. The van der Waals surface area contributed by atoms with Crippen molar-refractivity contribution in [2.75, 3.05) is 13.2 Å². The van der Waals surface area contributed by atoms with Crippen LogP contribution in [0.5, 0.6) is 0 Å². The molecule has 0 saturated heterocycles. The zero-order chi connectivity index (χ0) is 18.8. The second-order valence-electron chi connectivity index (χ2n) is 8.08. The molecular formula is C19H38O4Si. The van der Waals surface area contributed by atoms with Crippen LogP contribution in [0.25, 0.3) is 0 Å². The third-order valence-corrected chi connectivity index (χ3v) is 9.51. The monoisotopic (exact) mass is 358 g/mol. The van der Waals surface area contributed by atoms with Gasteiger partial charge in [0.05, 0.1) is 6.61 Å². The SMILES string of the molecule is CCOC(=O)[C@@H](CCCCCCCO[Si](C)(C)C(C)(C)C)C(C)=O. The Morgan fingerprint density at radius 3 is 2.04 bits per heavy atom. The molecular weight excluding hydrogens is 320 g/mol. The van der Waals surface area contributed by atoms with Crippen LogP contribution in [0, 0.1) is 5.92 Å². The van der Waals surface area contributed by atoms with Crippen molar-refractivity contribution in [1.29, 1.82) is 0 Å². The molecule has 0 unspecified atom stereocenters. The van der Waals surface area contributed by atoms with Crippen LogP contribution < -0.4 is 0 Å². The van der Waals surface area contributed by atoms with Crippen molar-refractivity contribution in [2.45, 2.75) is 91.3 Å². The van der Waals surface area contributed by atoms with Gasteiger partial charge in [-0.3, -0.25) is 9.59 Å². The molecule has 0 spiro atoms. The molecule has 142 valence electrons. The van der Waals surface area contributed by atoms with Crippen molar-refractivity contribution in [1.82, 2.24) is 0 Å². The molecule has 4 nitrogen and oxygen atoms in total. The van der Waals surface area contributed by atoms with E-state index >= 15 is 0 Å². The van der Waals surface area contributed by atoms with Crippen LogP contribution in [0.1, 0.15) is 73.1 Å². The van der Waals surface area contributed by atoms with E-state index in [2.05, 4.69) is 33.9 Å². The molecule has 0 aliphatic carbocycles. The van der Waals surface area contributed by atoms with Gasteiger partial charge in [-0.1, -0.05) is 46.5 Å². The summed E-state index contributed by atoms with van der Waals surface area (Å²) in [4.78, 5) is 23.2. The van der Waals surface area contributed by atoms with Crippen LogP contribution in [0.4, 0.5) is 0 Å². The van der Waals surface area contributed by atoms with Crippen LogP contribution in [-0.2, 0) is 18.8 Å². The van der Waals surface area contributed by atoms with Crippen LogP contribution >= 0.6 is 0 Å². The van der Waals surface area contributed by atoms with Crippen molar-refractivity contribution >= 4 is 20.1 Å². The van der Waals surface area contributed by atoms with E-state index in [1.165, 1.54) is 6.92 Å². The van der Waals surface area contributed by atoms with Gasteiger partial charge in [0.2, 0.25) is 0 Å². The minimum atomic E-state index is -1.62. The summed E-state index contributed by atoms with van der Waals surface area (Å²) in [5, 5.41) is 0.266. The molecule has 0 bridgehead atoms. The Morgan fingerprint density at radius 2 is 1.54 bits per heavy atom. The average molecular weight is 359 g/mol. The topological polar surface area (TPSA) is 52.6 Å². The zero-order valence-electron chi connectivity index (χ0n) is 16.9. The summed E-state index contributed by atoms with van der Waals surface area (Å²) in [6.07, 6.45) is 5.89. The highest BCUT2D eigenvalue weighted by molar-refractivity contribution is 6.74. The lowest BCUT2D eigenvalue weighted by Crippen LogP contribution is -2.40. The highest BCUT2D eigenvalue weighted by atomic mass is 28.4. The molecule has 0 aromatic rings. The third-order valence-electron chi connectivity index (χ3n) is 4.97. The lowest BCUT2D eigenvalue weighted by atomic mass is 9.97. The molecule has 0 rings (SSSR count). The van der Waals surface area contributed by atoms with Crippen molar-refractivity contribution in [3.05, 3.63) is 0 Å². The molecule has 0 aromatic heterocycles. The number of hydrogen-bond acceptors (Lipinski definition) is 4. The maximum atomic E-state index is 11.7. The number of carbonyl (C=O) groups excluding carboxylic acids is 2. The first-order valence-corrected chi connectivity index (χ1v) is 12.2. The fraction of sp³-hybridized carbons (Fsp3) is 0.895. The van der Waals surface area contributed by atoms with Gasteiger partial charge in [-0.05, 0) is 44.8 Å². The standard InChI is InChI=1S/C19H38O4Si/c1-8-22-18(21)17(16(2)20)14-12-10-9-11-13-15-23-24(6,7)19(3,4)5/h17H,8-15H2,1-7H3/t17-/m0/s1. The summed E-state index contributed by atoms with van der Waals surface area (Å²) < 4.78 is 11.1. The van der Waals surface area contributed by atoms with Gasteiger partial charge in [0.25, 0.3) is 0 Å². The molecule has 1 atom stereocenters. The third kappa shape index (κ3) is 8.97. The van der Waals surface area contributed by atoms with E-state index in [0.717, 1.165) is 38.7 Å². The number of unbranched alkanes of at least 4 members (excludes halogenated alkanes) is 4. The van der Waals surface area contributed by atoms with Gasteiger partial charge in [-0.2, -0.15) is 0 Å². The predicted molar refractivity (Wildman–Crippen MR) is 102 cm³/mol. The summed E-state index contributed by atoms with van der Waals surface area (Å²) in [5.41, 5.74) is 0. The fourth-order valence-electron chi connectivity index (χ4n) is 2.25. The predicted octanol–water partition coefficient (Wildman–Crippen LogP) is 5.12. The van der Waals surface area contributed by atoms with Gasteiger partial charge in [0.1, 0.15) is 11.7 Å². The van der Waals surface area contributed by atoms with Gasteiger partial charge < -0.3 is 9.16 Å². The molecule has 0 aliphatic heterocycles. The minimum Gasteiger partial charge on any atom is -0.465 e. The average Bonchev–Trinajstić information content (AvgIpc) is 2.44. The number of esters is 1. The summed E-state index contributed by atoms with van der Waals surface area (Å²) >= 11 is 0. The number of ether oxygens (including phenoxy) is 1. The highest BCUT2D eigenvalue weighted by Crippen LogP contribution is 2.36. The summed E-state index contributed by atoms with van der Waals surface area (Å²) in [6, 6.07) is 0. The number of ketones is 1. The van der Waals surface area contributed by atoms with E-state index in [1.807, 2.05) is 0 Å². The molecule has 0 aromatic carbocycles. The Balaban J connectivity index is 3.84. The second-order valence-corrected chi connectivity index (χ2v) is 12.9. The molecule has 0 radical (unpaired) electrons. The van der Waals surface area contributed by atoms with Gasteiger partial charge >= 0.3 is 5.97 Å². The largest absolute Gasteiger partial charge is 0.465 e. The Labute approximate surface area is 149 Å². The van der Waals surface area contributed by atoms with Crippen LogP contribution in [-0.4, -0.2) is 33.3 Å². The molecule has 0 aliphatic rings. The second kappa shape index (κ2) is 11.0. The number of carbonyl (C=O) groups is 2. The van der Waals surface area contributed by atoms with E-state index in [9.17, 15) is 9.59 Å². The Hall–Kier alpha value is -0.683. The summed E-state index contributed by atoms with van der Waals surface area (Å²) in [7, 11) is -1.62. The Morgan fingerprint density at radius 1 is 1.00 bits per heavy atom. The van der Waals surface area contributed by atoms with E-state index in [-0.39, 0.29) is 16.8 Å². The van der Waals surface area contributed by atoms with Gasteiger partial charge in [-0.15, -0.1) is 0 Å². The zero-order valence-corrected chi connectivity index (χ0v) is 17.9. The van der Waals surface area contributed by atoms with Gasteiger partial charge in [0, 0.05) is 6.61 Å². The molecule has 0 fully saturated rings. The van der Waals surface area contributed by atoms with E-state index < -0.39 is 14.2 Å². The minimum absolute atomic E-state index is 0.0868. The Bertz CT molecular complexity index is 385. The van der Waals surface area contributed by atoms with Gasteiger partial charge in [-0.25, -0.2) is 0 Å². The lowest BCUT2D eigenvalue weighted by molar-refractivity contribution is -0.151. The summed E-state index contributed by atoms with van der Waals surface area (Å²) in [6.45, 7) is 15.7. The van der Waals surface area contributed by atoms with E-state index in [4.69, 9.17) is 9.16 Å². The van der Waals surface area contributed by atoms with Crippen LogP contribution in [0.2, 0.25) is 18.1 Å². The van der Waals surface area contributed by atoms with Crippen molar-refractivity contribution in [3.8, 4) is 0 Å². The fourth-order valence-corrected chi connectivity index (χ4v) is 3.34. The van der Waals surface area contributed by atoms with Crippen LogP contribution in [0.3, 0.4) is 0 Å². The Kier molecular flexibility index (Phi) is 10.7. The van der Waals surface area contributed by atoms with Crippen molar-refractivity contribution in [2.24, 2.45) is 5.92 Å². The van der Waals surface area contributed by atoms with Gasteiger partial charge in [0.15, 0.2) is 8.32 Å². The molecule has 0 N–H and O–H groups in total. The molecule has 0 amide bonds. The molecule has 24 heavy (non-hydrogen) atoms. The highest BCUT2D eigenvalue weighted by Gasteiger charge is 2.36. The molecule has 5 heteroatoms. The first-order valence-electron chi connectivity index (χ1n) is 9.34. The normalized spacial score (nSPS) is 13.6. The van der Waals surface area contributed by atoms with Crippen LogP contribution in [0.15, 0.2) is 0 Å². The smallest absolute Gasteiger partial charge is 0.316 e. The summed E-state index contributed by atoms with van der Waals surface area (Å²) in [5.74, 6) is -1.03. The molecule has 0 heterocycles. The van der Waals surface area contributed by atoms with E-state index in [1.54, 1.807) is 6.92 Å². The van der Waals surface area contributed by atoms with Crippen molar-refractivity contribution < 1.29 is 18.8 Å². The molecule has 0 saturated carbocycles. The number of Topliss-reactive ketones (excluding diaryl/α,β-unsaturated/α-hetero) is 1. The first kappa shape index (κ1) is 23.3. The van der Waals surface area contributed by atoms with Crippen molar-refractivity contribution in [3.63, 3.8) is 0 Å². The number of hydrogen-bond donors (Lipinski definition) is 0. The first-order chi connectivity index (χ1) is 11.0. The van der Waals surface area contributed by atoms with E-state index in [0.29, 0.717) is 13.0 Å². The maximum Gasteiger partial charge on any atom is 0.316 e.